The van der Waals surface area contributed by atoms with Gasteiger partial charge < -0.3 is 15.1 Å². The van der Waals surface area contributed by atoms with E-state index in [1.807, 2.05) is 4.90 Å². The second-order valence-corrected chi connectivity index (χ2v) is 15.6. The van der Waals surface area contributed by atoms with Crippen molar-refractivity contribution < 1.29 is 19.8 Å². The fourth-order valence-corrected chi connectivity index (χ4v) is 12.2. The maximum absolute atomic E-state index is 13.1. The molecule has 5 nitrogen and oxygen atoms in total. The summed E-state index contributed by atoms with van der Waals surface area (Å²) in [6.07, 6.45) is 11.0. The molecule has 1 saturated heterocycles. The average Bonchev–Trinajstić information content (AvgIpc) is 3.17. The van der Waals surface area contributed by atoms with Crippen LogP contribution in [-0.4, -0.2) is 45.7 Å². The van der Waals surface area contributed by atoms with Crippen molar-refractivity contribution in [2.24, 2.45) is 51.2 Å². The van der Waals surface area contributed by atoms with E-state index >= 15 is 0 Å². The zero-order valence-electron chi connectivity index (χ0n) is 24.9. The molecule has 0 aromatic rings. The molecule has 0 spiro atoms. The molecule has 9 atom stereocenters. The molecule has 5 fully saturated rings. The standard InChI is InChI=1S/C33H53NO4/c1-21(2)22-11-15-33(20-35)17-16-31(6)23(28(22)33)9-10-25-30(5)13-8-18-34(26(36)19-27(37)38)29(3,4)24(30)12-14-32(25,31)7/h22-25,28,35H,1,8-20H2,2-7H3,(H,37,38)/t22-,23+,24?,25+,28+,30-,31+,32+,33+/m0/s1. The SMILES string of the molecule is C=C(C)[C@@H]1CC[C@]2(CO)CC[C@]3(C)[C@H](CC[C@@H]4[C@@]5(C)CCCN(C(=O)CC(=O)O)C(C)(C)C5CC[C@]43C)[C@@H]12. The van der Waals surface area contributed by atoms with Gasteiger partial charge in [-0.25, -0.2) is 0 Å². The summed E-state index contributed by atoms with van der Waals surface area (Å²) in [6, 6.07) is 0. The molecule has 5 heteroatoms. The molecule has 5 aliphatic rings. The van der Waals surface area contributed by atoms with E-state index < -0.39 is 12.4 Å². The van der Waals surface area contributed by atoms with Gasteiger partial charge in [-0.15, -0.1) is 0 Å². The largest absolute Gasteiger partial charge is 0.481 e. The smallest absolute Gasteiger partial charge is 0.312 e. The molecule has 2 N–H and O–H groups in total. The van der Waals surface area contributed by atoms with Crippen LogP contribution >= 0.6 is 0 Å². The van der Waals surface area contributed by atoms with Crippen molar-refractivity contribution in [2.75, 3.05) is 13.2 Å². The van der Waals surface area contributed by atoms with E-state index in [9.17, 15) is 19.8 Å². The Kier molecular flexibility index (Phi) is 6.73. The summed E-state index contributed by atoms with van der Waals surface area (Å²) >= 11 is 0. The quantitative estimate of drug-likeness (QED) is 0.315. The molecule has 5 rings (SSSR count). The molecule has 1 heterocycles. The van der Waals surface area contributed by atoms with Crippen LogP contribution in [0, 0.1) is 51.2 Å². The van der Waals surface area contributed by atoms with E-state index in [4.69, 9.17) is 0 Å². The third-order valence-corrected chi connectivity index (χ3v) is 14.1. The summed E-state index contributed by atoms with van der Waals surface area (Å²) in [5.74, 6) is 1.40. The van der Waals surface area contributed by atoms with E-state index in [2.05, 4.69) is 48.1 Å². The number of carboxylic acids is 1. The number of amides is 1. The number of aliphatic hydroxyl groups is 1. The first kappa shape index (κ1) is 28.2. The molecule has 1 amide bonds. The summed E-state index contributed by atoms with van der Waals surface area (Å²) in [4.78, 5) is 26.5. The lowest BCUT2D eigenvalue weighted by Gasteiger charge is -2.71. The van der Waals surface area contributed by atoms with Gasteiger partial charge in [0, 0.05) is 18.7 Å². The lowest BCUT2D eigenvalue weighted by molar-refractivity contribution is -0.229. The monoisotopic (exact) mass is 527 g/mol. The first-order valence-electron chi connectivity index (χ1n) is 15.5. The van der Waals surface area contributed by atoms with Crippen LogP contribution in [0.25, 0.3) is 0 Å². The molecule has 4 aliphatic carbocycles. The minimum atomic E-state index is -1.03. The topological polar surface area (TPSA) is 77.8 Å². The lowest BCUT2D eigenvalue weighted by atomic mass is 9.33. The molecular formula is C33H53NO4. The molecule has 214 valence electrons. The molecule has 0 radical (unpaired) electrons. The average molecular weight is 528 g/mol. The first-order valence-corrected chi connectivity index (χ1v) is 15.5. The zero-order chi connectivity index (χ0) is 27.9. The minimum Gasteiger partial charge on any atom is -0.481 e. The predicted octanol–water partition coefficient (Wildman–Crippen LogP) is 6.69. The van der Waals surface area contributed by atoms with Gasteiger partial charge in [0.15, 0.2) is 0 Å². The van der Waals surface area contributed by atoms with Crippen molar-refractivity contribution >= 4 is 11.9 Å². The van der Waals surface area contributed by atoms with Crippen molar-refractivity contribution in [1.82, 2.24) is 4.90 Å². The van der Waals surface area contributed by atoms with Crippen molar-refractivity contribution in [2.45, 2.75) is 118 Å². The van der Waals surface area contributed by atoms with Gasteiger partial charge in [-0.3, -0.25) is 9.59 Å². The Balaban J connectivity index is 1.51. The van der Waals surface area contributed by atoms with Crippen LogP contribution in [0.2, 0.25) is 0 Å². The molecule has 1 unspecified atom stereocenters. The summed E-state index contributed by atoms with van der Waals surface area (Å²) in [5.41, 5.74) is 1.62. The third-order valence-electron chi connectivity index (χ3n) is 14.1. The molecular weight excluding hydrogens is 474 g/mol. The summed E-state index contributed by atoms with van der Waals surface area (Å²) < 4.78 is 0. The molecule has 0 aromatic heterocycles. The van der Waals surface area contributed by atoms with Crippen LogP contribution in [-0.2, 0) is 9.59 Å². The van der Waals surface area contributed by atoms with Gasteiger partial charge in [-0.1, -0.05) is 32.9 Å². The summed E-state index contributed by atoms with van der Waals surface area (Å²) in [7, 11) is 0. The molecule has 0 aromatic carbocycles. The van der Waals surface area contributed by atoms with E-state index in [1.54, 1.807) is 0 Å². The van der Waals surface area contributed by atoms with E-state index in [0.29, 0.717) is 42.7 Å². The van der Waals surface area contributed by atoms with Crippen LogP contribution in [0.1, 0.15) is 112 Å². The number of likely N-dealkylation sites (tertiary alicyclic amines) is 1. The van der Waals surface area contributed by atoms with Crippen molar-refractivity contribution in [3.05, 3.63) is 12.2 Å². The van der Waals surface area contributed by atoms with Gasteiger partial charge in [0.1, 0.15) is 6.42 Å². The number of rotatable bonds is 4. The Bertz CT molecular complexity index is 1000. The van der Waals surface area contributed by atoms with E-state index in [-0.39, 0.29) is 33.1 Å². The molecule has 1 aliphatic heterocycles. The number of aliphatic carboxylic acids is 1. The number of hydrogen-bond donors (Lipinski definition) is 2. The maximum Gasteiger partial charge on any atom is 0.312 e. The minimum absolute atomic E-state index is 0.0768. The van der Waals surface area contributed by atoms with Crippen molar-refractivity contribution in [3.8, 4) is 0 Å². The number of fused-ring (bicyclic) bond motifs is 7. The highest BCUT2D eigenvalue weighted by atomic mass is 16.4. The lowest BCUT2D eigenvalue weighted by Crippen LogP contribution is -2.66. The molecule has 38 heavy (non-hydrogen) atoms. The highest BCUT2D eigenvalue weighted by Crippen LogP contribution is 2.76. The Labute approximate surface area is 230 Å². The normalized spacial score (nSPS) is 47.7. The van der Waals surface area contributed by atoms with Crippen molar-refractivity contribution in [1.29, 1.82) is 0 Å². The van der Waals surface area contributed by atoms with Crippen molar-refractivity contribution in [3.63, 3.8) is 0 Å². The Morgan fingerprint density at radius 1 is 0.895 bits per heavy atom. The number of allylic oxidation sites excluding steroid dienone is 1. The highest BCUT2D eigenvalue weighted by molar-refractivity contribution is 5.93. The fraction of sp³-hybridized carbons (Fsp3) is 0.879. The Morgan fingerprint density at radius 3 is 2.24 bits per heavy atom. The maximum atomic E-state index is 13.1. The van der Waals surface area contributed by atoms with Crippen LogP contribution in [0.4, 0.5) is 0 Å². The van der Waals surface area contributed by atoms with E-state index in [0.717, 1.165) is 32.1 Å². The first-order chi connectivity index (χ1) is 17.7. The van der Waals surface area contributed by atoms with Gasteiger partial charge in [-0.05, 0) is 136 Å². The second kappa shape index (κ2) is 9.08. The fourth-order valence-electron chi connectivity index (χ4n) is 12.2. The predicted molar refractivity (Wildman–Crippen MR) is 150 cm³/mol. The molecule has 0 bridgehead atoms. The van der Waals surface area contributed by atoms with Gasteiger partial charge in [-0.2, -0.15) is 0 Å². The zero-order valence-corrected chi connectivity index (χ0v) is 24.9. The van der Waals surface area contributed by atoms with Gasteiger partial charge in [0.2, 0.25) is 5.91 Å². The van der Waals surface area contributed by atoms with Gasteiger partial charge in [0.25, 0.3) is 0 Å². The summed E-state index contributed by atoms with van der Waals surface area (Å²) in [6.45, 7) is 19.8. The van der Waals surface area contributed by atoms with Gasteiger partial charge in [0.05, 0.1) is 0 Å². The van der Waals surface area contributed by atoms with Crippen LogP contribution in [0.3, 0.4) is 0 Å². The summed E-state index contributed by atoms with van der Waals surface area (Å²) in [5, 5.41) is 20.1. The number of hydrogen-bond acceptors (Lipinski definition) is 3. The number of aliphatic hydroxyl groups excluding tert-OH is 1. The number of carbonyl (C=O) groups excluding carboxylic acids is 1. The highest BCUT2D eigenvalue weighted by Gasteiger charge is 2.70. The van der Waals surface area contributed by atoms with Crippen LogP contribution in [0.15, 0.2) is 12.2 Å². The third kappa shape index (κ3) is 3.65. The van der Waals surface area contributed by atoms with E-state index in [1.165, 1.54) is 37.7 Å². The van der Waals surface area contributed by atoms with Gasteiger partial charge >= 0.3 is 5.97 Å². The number of carboxylic acid groups (broad SMARTS) is 1. The van der Waals surface area contributed by atoms with Crippen LogP contribution in [0.5, 0.6) is 0 Å². The number of carbonyl (C=O) groups is 2. The number of nitrogens with zero attached hydrogens (tertiary/aromatic N) is 1. The van der Waals surface area contributed by atoms with Crippen LogP contribution < -0.4 is 0 Å². The molecule has 4 saturated carbocycles. The Morgan fingerprint density at radius 2 is 1.61 bits per heavy atom. The second-order valence-electron chi connectivity index (χ2n) is 15.6. The Hall–Kier alpha value is -1.36.